The summed E-state index contributed by atoms with van der Waals surface area (Å²) in [5, 5.41) is 4.36. The Hall–Kier alpha value is -0.560. The normalized spacial score (nSPS) is 26.0. The maximum atomic E-state index is 4.36. The van der Waals surface area contributed by atoms with Crippen molar-refractivity contribution in [2.45, 2.75) is 18.9 Å². The Morgan fingerprint density at radius 3 is 3.11 bits per heavy atom. The van der Waals surface area contributed by atoms with Gasteiger partial charge in [-0.15, -0.1) is 6.58 Å². The van der Waals surface area contributed by atoms with Crippen molar-refractivity contribution in [1.29, 1.82) is 0 Å². The maximum absolute atomic E-state index is 4.36. The van der Waals surface area contributed by atoms with Crippen molar-refractivity contribution in [1.82, 2.24) is 5.32 Å². The van der Waals surface area contributed by atoms with E-state index in [0.29, 0.717) is 6.04 Å². The maximum Gasteiger partial charge on any atom is 0.0318 e. The predicted molar refractivity (Wildman–Crippen MR) is 39.4 cm³/mol. The summed E-state index contributed by atoms with van der Waals surface area (Å²) in [5.41, 5.74) is 0. The van der Waals surface area contributed by atoms with Crippen LogP contribution in [0.5, 0.6) is 0 Å². The largest absolute Gasteiger partial charge is 0.234 e. The van der Waals surface area contributed by atoms with Gasteiger partial charge in [0.05, 0.1) is 0 Å². The van der Waals surface area contributed by atoms with Crippen LogP contribution in [-0.2, 0) is 0 Å². The third-order valence-electron chi connectivity index (χ3n) is 1.48. The fraction of sp³-hybridized carbons (Fsp3) is 0.500. The minimum atomic E-state index is 0.521. The van der Waals surface area contributed by atoms with Crippen molar-refractivity contribution >= 4 is 0 Å². The van der Waals surface area contributed by atoms with Crippen molar-refractivity contribution in [2.24, 2.45) is 0 Å². The van der Waals surface area contributed by atoms with Gasteiger partial charge in [0, 0.05) is 12.6 Å². The van der Waals surface area contributed by atoms with Crippen LogP contribution in [0.4, 0.5) is 0 Å². The third-order valence-corrected chi connectivity index (χ3v) is 1.48. The topological polar surface area (TPSA) is 14.1 Å². The second kappa shape index (κ2) is 3.46. The molecule has 0 aromatic rings. The average molecular weight is 122 g/mol. The van der Waals surface area contributed by atoms with Crippen molar-refractivity contribution in [3.63, 3.8) is 0 Å². The Labute approximate surface area is 56.5 Å². The van der Waals surface area contributed by atoms with E-state index in [1.165, 1.54) is 0 Å². The van der Waals surface area contributed by atoms with Gasteiger partial charge in [0.15, 0.2) is 0 Å². The molecule has 1 aliphatic heterocycles. The Balaban J connectivity index is 2.26. The second-order valence-corrected chi connectivity index (χ2v) is 2.25. The van der Waals surface area contributed by atoms with Gasteiger partial charge in [0.2, 0.25) is 0 Å². The van der Waals surface area contributed by atoms with Crippen LogP contribution in [0, 0.1) is 0 Å². The molecule has 0 aromatic carbocycles. The van der Waals surface area contributed by atoms with Crippen LogP contribution in [0.25, 0.3) is 0 Å². The van der Waals surface area contributed by atoms with Gasteiger partial charge >= 0.3 is 0 Å². The molecule has 0 amide bonds. The predicted octanol–water partition coefficient (Wildman–Crippen LogP) is 1.50. The van der Waals surface area contributed by atoms with Crippen molar-refractivity contribution < 1.29 is 0 Å². The molecular formula is C8H12N. The molecule has 0 aromatic heterocycles. The van der Waals surface area contributed by atoms with E-state index >= 15 is 0 Å². The standard InChI is InChI=1S/C8H12N/c1-2-5-8-6-3-4-7-9-8/h2-4,8H,1,5-7H2. The first-order valence-corrected chi connectivity index (χ1v) is 3.36. The molecule has 1 atom stereocenters. The first kappa shape index (κ1) is 6.56. The molecule has 1 nitrogen and oxygen atoms in total. The number of hydrogen-bond donors (Lipinski definition) is 0. The summed E-state index contributed by atoms with van der Waals surface area (Å²) in [6.07, 6.45) is 8.38. The molecule has 0 N–H and O–H groups in total. The number of nitrogens with zero attached hydrogens (tertiary/aromatic N) is 1. The van der Waals surface area contributed by atoms with E-state index in [1.807, 2.05) is 6.08 Å². The molecule has 1 heteroatoms. The summed E-state index contributed by atoms with van der Waals surface area (Å²) >= 11 is 0. The second-order valence-electron chi connectivity index (χ2n) is 2.25. The molecule has 0 bridgehead atoms. The van der Waals surface area contributed by atoms with Gasteiger partial charge in [-0.25, -0.2) is 5.32 Å². The summed E-state index contributed by atoms with van der Waals surface area (Å²) in [6, 6.07) is 0.521. The highest BCUT2D eigenvalue weighted by Gasteiger charge is 2.06. The van der Waals surface area contributed by atoms with Crippen LogP contribution in [0.3, 0.4) is 0 Å². The van der Waals surface area contributed by atoms with E-state index in [9.17, 15) is 0 Å². The Morgan fingerprint density at radius 1 is 1.67 bits per heavy atom. The van der Waals surface area contributed by atoms with E-state index < -0.39 is 0 Å². The molecular weight excluding hydrogens is 110 g/mol. The lowest BCUT2D eigenvalue weighted by molar-refractivity contribution is 0.523. The lowest BCUT2D eigenvalue weighted by Crippen LogP contribution is -2.23. The SMILES string of the molecule is C=CCC1CC=CC[N]1. The van der Waals surface area contributed by atoms with Gasteiger partial charge in [-0.1, -0.05) is 18.2 Å². The van der Waals surface area contributed by atoms with Crippen LogP contribution in [-0.4, -0.2) is 12.6 Å². The van der Waals surface area contributed by atoms with Gasteiger partial charge < -0.3 is 0 Å². The molecule has 1 heterocycles. The van der Waals surface area contributed by atoms with Gasteiger partial charge in [-0.3, -0.25) is 0 Å². The van der Waals surface area contributed by atoms with Gasteiger partial charge in [-0.05, 0) is 12.8 Å². The van der Waals surface area contributed by atoms with Crippen molar-refractivity contribution in [2.75, 3.05) is 6.54 Å². The van der Waals surface area contributed by atoms with Gasteiger partial charge in [-0.2, -0.15) is 0 Å². The molecule has 1 aliphatic rings. The van der Waals surface area contributed by atoms with E-state index in [0.717, 1.165) is 19.4 Å². The van der Waals surface area contributed by atoms with Crippen LogP contribution in [0.2, 0.25) is 0 Å². The Kier molecular flexibility index (Phi) is 2.52. The number of rotatable bonds is 2. The van der Waals surface area contributed by atoms with Crippen molar-refractivity contribution in [3.8, 4) is 0 Å². The average Bonchev–Trinajstić information content (AvgIpc) is 1.91. The minimum absolute atomic E-state index is 0.521. The molecule has 9 heavy (non-hydrogen) atoms. The van der Waals surface area contributed by atoms with E-state index in [2.05, 4.69) is 24.0 Å². The van der Waals surface area contributed by atoms with Crippen LogP contribution in [0.1, 0.15) is 12.8 Å². The van der Waals surface area contributed by atoms with E-state index in [4.69, 9.17) is 0 Å². The van der Waals surface area contributed by atoms with Gasteiger partial charge in [0.1, 0.15) is 0 Å². The quantitative estimate of drug-likeness (QED) is 0.493. The molecule has 1 rings (SSSR count). The highest BCUT2D eigenvalue weighted by Crippen LogP contribution is 2.04. The molecule has 0 aliphatic carbocycles. The molecule has 0 fully saturated rings. The number of hydrogen-bond acceptors (Lipinski definition) is 0. The van der Waals surface area contributed by atoms with Crippen LogP contribution >= 0.6 is 0 Å². The zero-order valence-corrected chi connectivity index (χ0v) is 5.59. The zero-order valence-electron chi connectivity index (χ0n) is 5.59. The molecule has 0 saturated heterocycles. The van der Waals surface area contributed by atoms with E-state index in [-0.39, 0.29) is 0 Å². The Bertz CT molecular complexity index is 116. The first-order valence-electron chi connectivity index (χ1n) is 3.36. The summed E-state index contributed by atoms with van der Waals surface area (Å²) in [5.74, 6) is 0. The molecule has 1 radical (unpaired) electrons. The lowest BCUT2D eigenvalue weighted by Gasteiger charge is -2.14. The first-order chi connectivity index (χ1) is 4.43. The molecule has 49 valence electrons. The Morgan fingerprint density at radius 2 is 2.56 bits per heavy atom. The van der Waals surface area contributed by atoms with Crippen LogP contribution in [0.15, 0.2) is 24.8 Å². The monoisotopic (exact) mass is 122 g/mol. The van der Waals surface area contributed by atoms with Crippen molar-refractivity contribution in [3.05, 3.63) is 24.8 Å². The lowest BCUT2D eigenvalue weighted by atomic mass is 10.1. The third kappa shape index (κ3) is 2.02. The summed E-state index contributed by atoms with van der Waals surface area (Å²) in [4.78, 5) is 0. The molecule has 0 saturated carbocycles. The summed E-state index contributed by atoms with van der Waals surface area (Å²) in [6.45, 7) is 4.57. The molecule has 0 spiro atoms. The van der Waals surface area contributed by atoms with Crippen LogP contribution < -0.4 is 5.32 Å². The highest BCUT2D eigenvalue weighted by atomic mass is 14.9. The van der Waals surface area contributed by atoms with Gasteiger partial charge in [0.25, 0.3) is 0 Å². The summed E-state index contributed by atoms with van der Waals surface area (Å²) < 4.78 is 0. The highest BCUT2D eigenvalue weighted by molar-refractivity contribution is 4.95. The zero-order chi connectivity index (χ0) is 6.53. The molecule has 1 unspecified atom stereocenters. The minimum Gasteiger partial charge on any atom is -0.234 e. The summed E-state index contributed by atoms with van der Waals surface area (Å²) in [7, 11) is 0. The fourth-order valence-electron chi connectivity index (χ4n) is 0.975. The van der Waals surface area contributed by atoms with E-state index in [1.54, 1.807) is 0 Å². The fourth-order valence-corrected chi connectivity index (χ4v) is 0.975. The smallest absolute Gasteiger partial charge is 0.0318 e.